The predicted molar refractivity (Wildman–Crippen MR) is 78.6 cm³/mol. The van der Waals surface area contributed by atoms with E-state index in [2.05, 4.69) is 57.6 Å². The van der Waals surface area contributed by atoms with Gasteiger partial charge in [-0.05, 0) is 40.3 Å². The summed E-state index contributed by atoms with van der Waals surface area (Å²) in [6, 6.07) is 8.63. The van der Waals surface area contributed by atoms with Gasteiger partial charge in [0.15, 0.2) is 6.34 Å². The number of benzene rings is 1. The molecule has 0 unspecified atom stereocenters. The predicted octanol–water partition coefficient (Wildman–Crippen LogP) is -5.74. The Kier molecular flexibility index (Phi) is 10.4. The van der Waals surface area contributed by atoms with Crippen LogP contribution in [0.5, 0.6) is 0 Å². The van der Waals surface area contributed by atoms with Gasteiger partial charge in [-0.2, -0.15) is 0 Å². The molecule has 0 fully saturated rings. The largest absolute Gasteiger partial charge is 1.00 e. The maximum absolute atomic E-state index is 5.68. The van der Waals surface area contributed by atoms with Crippen LogP contribution in [0.3, 0.4) is 0 Å². The van der Waals surface area contributed by atoms with E-state index in [-0.39, 0.29) is 30.9 Å². The lowest BCUT2D eigenvalue weighted by molar-refractivity contribution is -0.449. The molecule has 4 nitrogen and oxygen atoms in total. The normalized spacial score (nSPS) is 14.2. The maximum atomic E-state index is 5.68. The molecule has 0 amide bonds. The summed E-state index contributed by atoms with van der Waals surface area (Å²) in [5.41, 5.74) is 6.39. The minimum Gasteiger partial charge on any atom is -1.00 e. The van der Waals surface area contributed by atoms with Gasteiger partial charge in [-0.1, -0.05) is 12.1 Å². The van der Waals surface area contributed by atoms with Crippen LogP contribution in [-0.4, -0.2) is 19.0 Å². The van der Waals surface area contributed by atoms with Gasteiger partial charge in [0.05, 0.1) is 13.2 Å². The Bertz CT molecular complexity index is 451. The lowest BCUT2D eigenvalue weighted by Gasteiger charge is -2.08. The van der Waals surface area contributed by atoms with Gasteiger partial charge in [-0.25, -0.2) is 4.99 Å². The van der Waals surface area contributed by atoms with E-state index in [1.807, 2.05) is 17.9 Å². The van der Waals surface area contributed by atoms with Crippen LogP contribution in [0.1, 0.15) is 12.0 Å². The number of aliphatic imine (C=N–C) groups is 1. The Balaban J connectivity index is 0.00000180. The molecule has 7 heteroatoms. The van der Waals surface area contributed by atoms with Gasteiger partial charge in [0.2, 0.25) is 0 Å². The summed E-state index contributed by atoms with van der Waals surface area (Å²) in [6.45, 7) is 1.32. The molecule has 20 heavy (non-hydrogen) atoms. The molecule has 0 radical (unpaired) electrons. The van der Waals surface area contributed by atoms with E-state index in [0.717, 1.165) is 12.1 Å². The van der Waals surface area contributed by atoms with E-state index < -0.39 is 0 Å². The van der Waals surface area contributed by atoms with Crippen molar-refractivity contribution in [2.24, 2.45) is 4.99 Å². The van der Waals surface area contributed by atoms with Crippen molar-refractivity contribution in [3.63, 3.8) is 0 Å². The molecule has 5 N–H and O–H groups in total. The zero-order chi connectivity index (χ0) is 12.8. The zero-order valence-corrected chi connectivity index (χ0v) is 14.6. The molecule has 0 bridgehead atoms. The van der Waals surface area contributed by atoms with E-state index in [0.29, 0.717) is 13.2 Å². The summed E-state index contributed by atoms with van der Waals surface area (Å²) < 4.78 is 6.92. The van der Waals surface area contributed by atoms with Crippen molar-refractivity contribution in [2.45, 2.75) is 19.1 Å². The first-order chi connectivity index (χ1) is 8.74. The highest BCUT2D eigenvalue weighted by Crippen LogP contribution is 2.09. The molecule has 0 saturated heterocycles. The van der Waals surface area contributed by atoms with E-state index >= 15 is 0 Å². The second kappa shape index (κ2) is 10.5. The van der Waals surface area contributed by atoms with Crippen molar-refractivity contribution < 1.29 is 40.6 Å². The smallest absolute Gasteiger partial charge is 0.191 e. The van der Waals surface area contributed by atoms with Crippen molar-refractivity contribution in [2.75, 3.05) is 6.61 Å². The van der Waals surface area contributed by atoms with Gasteiger partial charge in [-0.3, -0.25) is 5.32 Å². The topological polar surface area (TPSA) is 65.8 Å². The SMILES string of the molecule is [Cl-].[Cl-].[NH3+][C@H](COCc1ccc(I)cc1)CC1=C[NH2+]C=N1. The molecule has 1 aliphatic heterocycles. The summed E-state index contributed by atoms with van der Waals surface area (Å²) in [5.74, 6) is 0. The van der Waals surface area contributed by atoms with Gasteiger partial charge < -0.3 is 35.3 Å². The highest BCUT2D eigenvalue weighted by Gasteiger charge is 2.12. The Morgan fingerprint density at radius 3 is 2.55 bits per heavy atom. The number of nitrogens with two attached hydrogens (primary N) is 1. The lowest BCUT2D eigenvalue weighted by atomic mass is 10.2. The number of hydrogen-bond donors (Lipinski definition) is 2. The number of hydrogen-bond acceptors (Lipinski definition) is 2. The quantitative estimate of drug-likeness (QED) is 0.435. The Morgan fingerprint density at radius 2 is 1.95 bits per heavy atom. The number of rotatable bonds is 6. The Labute approximate surface area is 145 Å². The molecule has 0 spiro atoms. The van der Waals surface area contributed by atoms with Gasteiger partial charge in [0.25, 0.3) is 0 Å². The second-order valence-electron chi connectivity index (χ2n) is 4.34. The second-order valence-corrected chi connectivity index (χ2v) is 5.59. The third-order valence-electron chi connectivity index (χ3n) is 2.65. The number of halogens is 3. The van der Waals surface area contributed by atoms with Crippen LogP contribution in [0.25, 0.3) is 0 Å². The van der Waals surface area contributed by atoms with Crippen molar-refractivity contribution in [1.82, 2.24) is 0 Å². The maximum Gasteiger partial charge on any atom is 0.191 e. The summed E-state index contributed by atoms with van der Waals surface area (Å²) >= 11 is 2.30. The average molecular weight is 430 g/mol. The first-order valence-electron chi connectivity index (χ1n) is 5.96. The summed E-state index contributed by atoms with van der Waals surface area (Å²) in [7, 11) is 0. The molecule has 0 saturated carbocycles. The van der Waals surface area contributed by atoms with Gasteiger partial charge in [0.1, 0.15) is 17.9 Å². The van der Waals surface area contributed by atoms with E-state index in [9.17, 15) is 0 Å². The zero-order valence-electron chi connectivity index (χ0n) is 10.9. The highest BCUT2D eigenvalue weighted by atomic mass is 127. The number of nitrogens with zero attached hydrogens (tertiary/aromatic N) is 1. The van der Waals surface area contributed by atoms with Crippen LogP contribution in [-0.2, 0) is 11.3 Å². The van der Waals surface area contributed by atoms with E-state index in [1.54, 1.807) is 0 Å². The van der Waals surface area contributed by atoms with Crippen molar-refractivity contribution in [3.05, 3.63) is 45.3 Å². The van der Waals surface area contributed by atoms with Crippen LogP contribution in [0.15, 0.2) is 41.2 Å². The number of ether oxygens (including phenoxy) is 1. The van der Waals surface area contributed by atoms with Crippen molar-refractivity contribution >= 4 is 28.9 Å². The first-order valence-corrected chi connectivity index (χ1v) is 7.04. The van der Waals surface area contributed by atoms with Crippen LogP contribution in [0.4, 0.5) is 0 Å². The van der Waals surface area contributed by atoms with Gasteiger partial charge in [-0.15, -0.1) is 0 Å². The average Bonchev–Trinajstić information content (AvgIpc) is 2.84. The van der Waals surface area contributed by atoms with Crippen LogP contribution in [0.2, 0.25) is 0 Å². The van der Waals surface area contributed by atoms with E-state index in [4.69, 9.17) is 4.74 Å². The molecule has 1 aromatic carbocycles. The summed E-state index contributed by atoms with van der Waals surface area (Å²) in [5, 5.41) is 1.95. The molecule has 1 aromatic rings. The Morgan fingerprint density at radius 1 is 1.25 bits per heavy atom. The third-order valence-corrected chi connectivity index (χ3v) is 3.37. The number of quaternary nitrogens is 2. The highest BCUT2D eigenvalue weighted by molar-refractivity contribution is 14.1. The fourth-order valence-corrected chi connectivity index (χ4v) is 2.10. The lowest BCUT2D eigenvalue weighted by Crippen LogP contribution is -3.00. The molecular weight excluding hydrogens is 412 g/mol. The molecule has 112 valence electrons. The standard InChI is InChI=1S/C13H16IN3O.2ClH/c14-11-3-1-10(2-4-11)7-18-8-12(15)5-13-6-16-9-17-13;;/h1-4,6,9,12H,5,7-8,15H2,(H,16,17);2*1H/t12-;;/m0../s1. The molecule has 1 heterocycles. The van der Waals surface area contributed by atoms with Crippen molar-refractivity contribution in [1.29, 1.82) is 0 Å². The Hall–Kier alpha value is -0.180. The summed E-state index contributed by atoms with van der Waals surface area (Å²) in [6.07, 6.45) is 4.71. The molecule has 1 aliphatic rings. The molecule has 2 rings (SSSR count). The molecule has 1 atom stereocenters. The molecule has 0 aliphatic carbocycles. The van der Waals surface area contributed by atoms with Gasteiger partial charge >= 0.3 is 0 Å². The monoisotopic (exact) mass is 429 g/mol. The third kappa shape index (κ3) is 7.01. The van der Waals surface area contributed by atoms with Crippen LogP contribution >= 0.6 is 22.6 Å². The fraction of sp³-hybridized carbons (Fsp3) is 0.308. The van der Waals surface area contributed by atoms with Gasteiger partial charge in [0, 0.05) is 9.99 Å². The van der Waals surface area contributed by atoms with Crippen LogP contribution in [0, 0.1) is 3.57 Å². The van der Waals surface area contributed by atoms with E-state index in [1.165, 1.54) is 9.13 Å². The molecule has 0 aromatic heterocycles. The van der Waals surface area contributed by atoms with Crippen molar-refractivity contribution in [3.8, 4) is 0 Å². The first kappa shape index (κ1) is 19.8. The summed E-state index contributed by atoms with van der Waals surface area (Å²) in [4.78, 5) is 4.24. The minimum atomic E-state index is 0. The molecular formula is C13H18Cl2IN3O. The van der Waals surface area contributed by atoms with Crippen LogP contribution < -0.4 is 35.9 Å². The minimum absolute atomic E-state index is 0. The fourth-order valence-electron chi connectivity index (χ4n) is 1.74.